The molecule has 1 amide bonds. The number of nitrogens with one attached hydrogen (secondary N) is 1. The highest BCUT2D eigenvalue weighted by molar-refractivity contribution is 6.30. The van der Waals surface area contributed by atoms with Gasteiger partial charge in [-0.25, -0.2) is 0 Å². The van der Waals surface area contributed by atoms with Gasteiger partial charge in [0.2, 0.25) is 0 Å². The number of halogens is 1. The van der Waals surface area contributed by atoms with Crippen molar-refractivity contribution in [1.82, 2.24) is 14.8 Å². The Bertz CT molecular complexity index is 750. The van der Waals surface area contributed by atoms with Crippen molar-refractivity contribution in [1.29, 1.82) is 0 Å². The Kier molecular flexibility index (Phi) is 4.21. The summed E-state index contributed by atoms with van der Waals surface area (Å²) in [5, 5.41) is 0.567. The number of fused-ring (bicyclic) bond motifs is 1. The molecule has 0 spiro atoms. The van der Waals surface area contributed by atoms with E-state index >= 15 is 0 Å². The first-order valence-electron chi connectivity index (χ1n) is 8.29. The van der Waals surface area contributed by atoms with Crippen molar-refractivity contribution >= 4 is 17.5 Å². The Hall–Kier alpha value is -1.98. The average molecular weight is 346 g/mol. The summed E-state index contributed by atoms with van der Waals surface area (Å²) in [5.74, 6) is 1.05. The maximum atomic E-state index is 12.4. The second kappa shape index (κ2) is 6.49. The number of ether oxygens (including phenoxy) is 1. The number of benzene rings is 1. The van der Waals surface area contributed by atoms with Crippen molar-refractivity contribution in [3.05, 3.63) is 52.3 Å². The van der Waals surface area contributed by atoms with E-state index in [2.05, 4.69) is 28.1 Å². The second-order valence-electron chi connectivity index (χ2n) is 6.34. The Morgan fingerprint density at radius 3 is 2.79 bits per heavy atom. The minimum Gasteiger partial charge on any atom is -0.493 e. The molecule has 1 aromatic heterocycles. The Balaban J connectivity index is 1.34. The van der Waals surface area contributed by atoms with Crippen LogP contribution in [0.25, 0.3) is 0 Å². The zero-order valence-electron chi connectivity index (χ0n) is 13.4. The van der Waals surface area contributed by atoms with Gasteiger partial charge in [0.25, 0.3) is 5.91 Å². The molecule has 0 unspecified atom stereocenters. The molecule has 0 radical (unpaired) electrons. The van der Waals surface area contributed by atoms with E-state index < -0.39 is 0 Å². The van der Waals surface area contributed by atoms with Crippen LogP contribution in [0.3, 0.4) is 0 Å². The molecule has 0 aliphatic carbocycles. The fourth-order valence-corrected chi connectivity index (χ4v) is 3.53. The number of aromatic nitrogens is 1. The second-order valence-corrected chi connectivity index (χ2v) is 6.78. The molecular weight excluding hydrogens is 326 g/mol. The molecule has 126 valence electrons. The molecular formula is C18H20ClN3O2. The molecule has 1 fully saturated rings. The molecule has 3 heterocycles. The molecule has 1 saturated heterocycles. The van der Waals surface area contributed by atoms with E-state index in [0.717, 1.165) is 51.5 Å². The Morgan fingerprint density at radius 1 is 1.21 bits per heavy atom. The standard InChI is InChI=1S/C18H20ClN3O2/c19-15-10-16(20-11-15)18(23)22-6-4-21(5-7-22)12-13-1-2-17-14(9-13)3-8-24-17/h1-2,9-11,20H,3-8,12H2. The van der Waals surface area contributed by atoms with Crippen LogP contribution >= 0.6 is 11.6 Å². The minimum absolute atomic E-state index is 0.0243. The van der Waals surface area contributed by atoms with Gasteiger partial charge in [-0.2, -0.15) is 0 Å². The van der Waals surface area contributed by atoms with Crippen LogP contribution in [-0.2, 0) is 13.0 Å². The van der Waals surface area contributed by atoms with Crippen LogP contribution < -0.4 is 4.74 Å². The van der Waals surface area contributed by atoms with E-state index in [0.29, 0.717) is 10.7 Å². The van der Waals surface area contributed by atoms with Crippen LogP contribution in [0.1, 0.15) is 21.6 Å². The highest BCUT2D eigenvalue weighted by Gasteiger charge is 2.23. The summed E-state index contributed by atoms with van der Waals surface area (Å²) >= 11 is 5.88. The number of rotatable bonds is 3. The lowest BCUT2D eigenvalue weighted by Crippen LogP contribution is -2.48. The predicted molar refractivity (Wildman–Crippen MR) is 92.6 cm³/mol. The number of carbonyl (C=O) groups excluding carboxylic acids is 1. The molecule has 2 aliphatic rings. The smallest absolute Gasteiger partial charge is 0.270 e. The highest BCUT2D eigenvalue weighted by atomic mass is 35.5. The number of hydrogen-bond acceptors (Lipinski definition) is 3. The Labute approximate surface area is 146 Å². The molecule has 0 saturated carbocycles. The number of hydrogen-bond donors (Lipinski definition) is 1. The van der Waals surface area contributed by atoms with E-state index in [1.807, 2.05) is 4.90 Å². The number of nitrogens with zero attached hydrogens (tertiary/aromatic N) is 2. The molecule has 2 aliphatic heterocycles. The van der Waals surface area contributed by atoms with Crippen LogP contribution in [-0.4, -0.2) is 53.5 Å². The molecule has 0 bridgehead atoms. The maximum Gasteiger partial charge on any atom is 0.270 e. The van der Waals surface area contributed by atoms with Crippen LogP contribution in [0.5, 0.6) is 5.75 Å². The number of H-pyrrole nitrogens is 1. The maximum absolute atomic E-state index is 12.4. The van der Waals surface area contributed by atoms with Crippen LogP contribution in [0, 0.1) is 0 Å². The SMILES string of the molecule is O=C(c1cc(Cl)c[nH]1)N1CCN(Cc2ccc3c(c2)CCO3)CC1. The van der Waals surface area contributed by atoms with Crippen molar-refractivity contribution in [2.24, 2.45) is 0 Å². The lowest BCUT2D eigenvalue weighted by molar-refractivity contribution is 0.0623. The predicted octanol–water partition coefficient (Wildman–Crippen LogP) is 2.56. The van der Waals surface area contributed by atoms with Gasteiger partial charge >= 0.3 is 0 Å². The normalized spacial score (nSPS) is 17.6. The summed E-state index contributed by atoms with van der Waals surface area (Å²) in [4.78, 5) is 19.6. The van der Waals surface area contributed by atoms with E-state index in [1.165, 1.54) is 11.1 Å². The monoisotopic (exact) mass is 345 g/mol. The van der Waals surface area contributed by atoms with E-state index in [4.69, 9.17) is 16.3 Å². The van der Waals surface area contributed by atoms with Crippen LogP contribution in [0.4, 0.5) is 0 Å². The van der Waals surface area contributed by atoms with Gasteiger partial charge in [0, 0.05) is 45.3 Å². The van der Waals surface area contributed by atoms with Gasteiger partial charge in [-0.15, -0.1) is 0 Å². The quantitative estimate of drug-likeness (QED) is 0.930. The average Bonchev–Trinajstić information content (AvgIpc) is 3.23. The summed E-state index contributed by atoms with van der Waals surface area (Å²) in [6, 6.07) is 8.15. The van der Waals surface area contributed by atoms with Gasteiger partial charge in [-0.1, -0.05) is 23.7 Å². The van der Waals surface area contributed by atoms with Gasteiger partial charge < -0.3 is 14.6 Å². The van der Waals surface area contributed by atoms with Crippen molar-refractivity contribution in [3.63, 3.8) is 0 Å². The number of carbonyl (C=O) groups is 1. The summed E-state index contributed by atoms with van der Waals surface area (Å²) in [6.07, 6.45) is 2.65. The number of amides is 1. The zero-order valence-corrected chi connectivity index (χ0v) is 14.2. The van der Waals surface area contributed by atoms with Gasteiger partial charge in [0.15, 0.2) is 0 Å². The molecule has 6 heteroatoms. The van der Waals surface area contributed by atoms with Crippen LogP contribution in [0.15, 0.2) is 30.5 Å². The third-order valence-corrected chi connectivity index (χ3v) is 4.92. The summed E-state index contributed by atoms with van der Waals surface area (Å²) in [6.45, 7) is 4.96. The van der Waals surface area contributed by atoms with Crippen molar-refractivity contribution < 1.29 is 9.53 Å². The van der Waals surface area contributed by atoms with Crippen LogP contribution in [0.2, 0.25) is 5.02 Å². The van der Waals surface area contributed by atoms with E-state index in [1.54, 1.807) is 12.3 Å². The molecule has 2 aromatic rings. The first-order valence-corrected chi connectivity index (χ1v) is 8.67. The first kappa shape index (κ1) is 15.5. The third-order valence-electron chi connectivity index (χ3n) is 4.70. The zero-order chi connectivity index (χ0) is 16.5. The van der Waals surface area contributed by atoms with Crippen molar-refractivity contribution in [3.8, 4) is 5.75 Å². The third kappa shape index (κ3) is 3.14. The summed E-state index contributed by atoms with van der Waals surface area (Å²) < 4.78 is 5.56. The molecule has 5 nitrogen and oxygen atoms in total. The van der Waals surface area contributed by atoms with E-state index in [9.17, 15) is 4.79 Å². The highest BCUT2D eigenvalue weighted by Crippen LogP contribution is 2.26. The largest absolute Gasteiger partial charge is 0.493 e. The molecule has 1 aromatic carbocycles. The molecule has 4 rings (SSSR count). The summed E-state index contributed by atoms with van der Waals surface area (Å²) in [7, 11) is 0. The lowest BCUT2D eigenvalue weighted by Gasteiger charge is -2.34. The van der Waals surface area contributed by atoms with E-state index in [-0.39, 0.29) is 5.91 Å². The van der Waals surface area contributed by atoms with Crippen molar-refractivity contribution in [2.75, 3.05) is 32.8 Å². The molecule has 1 N–H and O–H groups in total. The Morgan fingerprint density at radius 2 is 2.04 bits per heavy atom. The number of piperazine rings is 1. The molecule has 24 heavy (non-hydrogen) atoms. The summed E-state index contributed by atoms with van der Waals surface area (Å²) in [5.41, 5.74) is 3.19. The van der Waals surface area contributed by atoms with Crippen molar-refractivity contribution in [2.45, 2.75) is 13.0 Å². The lowest BCUT2D eigenvalue weighted by atomic mass is 10.1. The fraction of sp³-hybridized carbons (Fsp3) is 0.389. The fourth-order valence-electron chi connectivity index (χ4n) is 3.37. The number of aromatic amines is 1. The van der Waals surface area contributed by atoms with Gasteiger partial charge in [0.1, 0.15) is 11.4 Å². The minimum atomic E-state index is 0.0243. The first-order chi connectivity index (χ1) is 11.7. The molecule has 0 atom stereocenters. The van der Waals surface area contributed by atoms with Gasteiger partial charge in [-0.05, 0) is 23.3 Å². The topological polar surface area (TPSA) is 48.6 Å². The van der Waals surface area contributed by atoms with Gasteiger partial charge in [-0.3, -0.25) is 9.69 Å². The van der Waals surface area contributed by atoms with Gasteiger partial charge in [0.05, 0.1) is 11.6 Å².